The summed E-state index contributed by atoms with van der Waals surface area (Å²) in [4.78, 5) is 12.2. The Labute approximate surface area is 101 Å². The molecule has 0 aliphatic carbocycles. The van der Waals surface area contributed by atoms with Gasteiger partial charge >= 0.3 is 6.01 Å². The first-order chi connectivity index (χ1) is 8.19. The average Bonchev–Trinajstić information content (AvgIpc) is 2.36. The number of hydrogen-bond acceptors (Lipinski definition) is 7. The predicted molar refractivity (Wildman–Crippen MR) is 65.3 cm³/mol. The number of nitrogens with zero attached hydrogens (tertiary/aromatic N) is 3. The molecule has 17 heavy (non-hydrogen) atoms. The minimum atomic E-state index is 0.186. The maximum Gasteiger partial charge on any atom is 0.322 e. The van der Waals surface area contributed by atoms with E-state index in [-0.39, 0.29) is 12.6 Å². The minimum absolute atomic E-state index is 0.186. The van der Waals surface area contributed by atoms with Gasteiger partial charge in [0.25, 0.3) is 0 Å². The van der Waals surface area contributed by atoms with Gasteiger partial charge < -0.3 is 20.5 Å². The number of aliphatic hydroxyl groups excluding tert-OH is 1. The monoisotopic (exact) mass is 241 g/mol. The van der Waals surface area contributed by atoms with Gasteiger partial charge in [-0.05, 0) is 12.3 Å². The van der Waals surface area contributed by atoms with E-state index in [0.29, 0.717) is 24.4 Å². The van der Waals surface area contributed by atoms with E-state index in [1.807, 2.05) is 6.92 Å². The largest absolute Gasteiger partial charge is 0.467 e. The normalized spacial score (nSPS) is 12.0. The first-order valence-corrected chi connectivity index (χ1v) is 5.52. The fraction of sp³-hybridized carbons (Fsp3) is 0.700. The lowest BCUT2D eigenvalue weighted by Crippen LogP contribution is -2.15. The molecule has 0 bridgehead atoms. The third-order valence-corrected chi connectivity index (χ3v) is 2.25. The van der Waals surface area contributed by atoms with Gasteiger partial charge in [-0.2, -0.15) is 15.0 Å². The van der Waals surface area contributed by atoms with Gasteiger partial charge in [-0.3, -0.25) is 0 Å². The molecular weight excluding hydrogens is 222 g/mol. The van der Waals surface area contributed by atoms with Crippen molar-refractivity contribution in [1.29, 1.82) is 0 Å². The second kappa shape index (κ2) is 6.85. The van der Waals surface area contributed by atoms with Crippen molar-refractivity contribution < 1.29 is 9.84 Å². The molecule has 96 valence electrons. The third kappa shape index (κ3) is 4.39. The summed E-state index contributed by atoms with van der Waals surface area (Å²) in [6.45, 7) is 2.92. The molecule has 0 saturated carbocycles. The van der Waals surface area contributed by atoms with Gasteiger partial charge in [0.1, 0.15) is 0 Å². The van der Waals surface area contributed by atoms with Crippen LogP contribution in [0.4, 0.5) is 11.9 Å². The van der Waals surface area contributed by atoms with Crippen LogP contribution in [0.15, 0.2) is 0 Å². The van der Waals surface area contributed by atoms with E-state index in [9.17, 15) is 0 Å². The number of ether oxygens (including phenoxy) is 1. The zero-order chi connectivity index (χ0) is 12.7. The van der Waals surface area contributed by atoms with E-state index < -0.39 is 0 Å². The molecule has 1 atom stereocenters. The van der Waals surface area contributed by atoms with Crippen LogP contribution in [0.1, 0.15) is 13.3 Å². The van der Waals surface area contributed by atoms with Gasteiger partial charge in [-0.15, -0.1) is 0 Å². The molecule has 0 aliphatic rings. The van der Waals surface area contributed by atoms with Crippen molar-refractivity contribution in [1.82, 2.24) is 15.0 Å². The molecule has 1 unspecified atom stereocenters. The Morgan fingerprint density at radius 1 is 1.29 bits per heavy atom. The molecule has 0 amide bonds. The highest BCUT2D eigenvalue weighted by molar-refractivity contribution is 5.35. The van der Waals surface area contributed by atoms with Crippen molar-refractivity contribution in [3.63, 3.8) is 0 Å². The summed E-state index contributed by atoms with van der Waals surface area (Å²) < 4.78 is 4.97. The summed E-state index contributed by atoms with van der Waals surface area (Å²) in [5, 5.41) is 14.7. The average molecular weight is 241 g/mol. The Balaban J connectivity index is 2.63. The quantitative estimate of drug-likeness (QED) is 0.634. The van der Waals surface area contributed by atoms with Crippen LogP contribution >= 0.6 is 0 Å². The molecule has 1 rings (SSSR count). The van der Waals surface area contributed by atoms with E-state index in [2.05, 4.69) is 25.6 Å². The van der Waals surface area contributed by atoms with Crippen LogP contribution in [0.25, 0.3) is 0 Å². The molecule has 1 heterocycles. The molecule has 7 nitrogen and oxygen atoms in total. The van der Waals surface area contributed by atoms with Crippen molar-refractivity contribution in [2.45, 2.75) is 13.3 Å². The number of nitrogens with one attached hydrogen (secondary N) is 2. The molecular formula is C10H19N5O2. The summed E-state index contributed by atoms with van der Waals surface area (Å²) >= 11 is 0. The Kier molecular flexibility index (Phi) is 5.41. The fourth-order valence-corrected chi connectivity index (χ4v) is 1.23. The second-order valence-electron chi connectivity index (χ2n) is 3.72. The van der Waals surface area contributed by atoms with Gasteiger partial charge in [-0.1, -0.05) is 6.92 Å². The molecule has 1 aromatic heterocycles. The maximum atomic E-state index is 8.80. The van der Waals surface area contributed by atoms with Crippen LogP contribution in [0, 0.1) is 5.92 Å². The van der Waals surface area contributed by atoms with Crippen LogP contribution in [0.5, 0.6) is 6.01 Å². The smallest absolute Gasteiger partial charge is 0.322 e. The number of hydrogen-bond donors (Lipinski definition) is 3. The molecule has 0 fully saturated rings. The number of aromatic nitrogens is 3. The van der Waals surface area contributed by atoms with Gasteiger partial charge in [0, 0.05) is 20.2 Å². The molecule has 0 spiro atoms. The summed E-state index contributed by atoms with van der Waals surface area (Å²) in [5.74, 6) is 1.26. The lowest BCUT2D eigenvalue weighted by atomic mass is 10.1. The van der Waals surface area contributed by atoms with Crippen LogP contribution in [0.3, 0.4) is 0 Å². The van der Waals surface area contributed by atoms with Crippen molar-refractivity contribution in [3.8, 4) is 6.01 Å². The van der Waals surface area contributed by atoms with Crippen LogP contribution in [-0.4, -0.2) is 47.4 Å². The van der Waals surface area contributed by atoms with Gasteiger partial charge in [0.15, 0.2) is 0 Å². The van der Waals surface area contributed by atoms with Crippen molar-refractivity contribution in [2.75, 3.05) is 37.9 Å². The number of methoxy groups -OCH3 is 1. The highest BCUT2D eigenvalue weighted by Gasteiger charge is 2.07. The third-order valence-electron chi connectivity index (χ3n) is 2.25. The van der Waals surface area contributed by atoms with Gasteiger partial charge in [0.05, 0.1) is 7.11 Å². The lowest BCUT2D eigenvalue weighted by molar-refractivity contribution is 0.265. The number of anilines is 2. The fourth-order valence-electron chi connectivity index (χ4n) is 1.23. The summed E-state index contributed by atoms with van der Waals surface area (Å²) in [6.07, 6.45) is 0.744. The van der Waals surface area contributed by atoms with Gasteiger partial charge in [-0.25, -0.2) is 0 Å². The summed E-state index contributed by atoms with van der Waals surface area (Å²) in [5.41, 5.74) is 0. The van der Waals surface area contributed by atoms with E-state index in [1.165, 1.54) is 7.11 Å². The maximum absolute atomic E-state index is 8.80. The Hall–Kier alpha value is -1.63. The number of rotatable bonds is 7. The standard InChI is InChI=1S/C10H19N5O2/c1-7(4-5-16)6-12-9-13-8(11-2)14-10(15-9)17-3/h7,16H,4-6H2,1-3H3,(H2,11,12,13,14,15). The first-order valence-electron chi connectivity index (χ1n) is 5.52. The zero-order valence-electron chi connectivity index (χ0n) is 10.4. The Bertz CT molecular complexity index is 325. The minimum Gasteiger partial charge on any atom is -0.467 e. The Morgan fingerprint density at radius 2 is 2.00 bits per heavy atom. The summed E-state index contributed by atoms with van der Waals surface area (Å²) in [7, 11) is 3.24. The van der Waals surface area contributed by atoms with Crippen LogP contribution in [0.2, 0.25) is 0 Å². The van der Waals surface area contributed by atoms with E-state index >= 15 is 0 Å². The van der Waals surface area contributed by atoms with E-state index in [1.54, 1.807) is 7.05 Å². The first kappa shape index (κ1) is 13.4. The van der Waals surface area contributed by atoms with Crippen molar-refractivity contribution in [2.24, 2.45) is 5.92 Å². The van der Waals surface area contributed by atoms with E-state index in [4.69, 9.17) is 9.84 Å². The van der Waals surface area contributed by atoms with Crippen molar-refractivity contribution >= 4 is 11.9 Å². The molecule has 0 aliphatic heterocycles. The lowest BCUT2D eigenvalue weighted by Gasteiger charge is -2.11. The molecule has 0 radical (unpaired) electrons. The zero-order valence-corrected chi connectivity index (χ0v) is 10.4. The molecule has 0 aromatic carbocycles. The SMILES string of the molecule is CNc1nc(NCC(C)CCO)nc(OC)n1. The highest BCUT2D eigenvalue weighted by atomic mass is 16.5. The molecule has 3 N–H and O–H groups in total. The molecule has 1 aromatic rings. The molecule has 0 saturated heterocycles. The predicted octanol–water partition coefficient (Wildman–Crippen LogP) is 0.352. The number of aliphatic hydroxyl groups is 1. The van der Waals surface area contributed by atoms with Crippen LogP contribution < -0.4 is 15.4 Å². The highest BCUT2D eigenvalue weighted by Crippen LogP contribution is 2.11. The summed E-state index contributed by atoms with van der Waals surface area (Å²) in [6, 6.07) is 0.265. The van der Waals surface area contributed by atoms with Gasteiger partial charge in [0.2, 0.25) is 11.9 Å². The Morgan fingerprint density at radius 3 is 2.59 bits per heavy atom. The second-order valence-corrected chi connectivity index (χ2v) is 3.72. The topological polar surface area (TPSA) is 92.2 Å². The van der Waals surface area contributed by atoms with Crippen molar-refractivity contribution in [3.05, 3.63) is 0 Å². The van der Waals surface area contributed by atoms with E-state index in [0.717, 1.165) is 6.42 Å². The molecule has 7 heteroatoms. The van der Waals surface area contributed by atoms with Crippen LogP contribution in [-0.2, 0) is 0 Å².